The molecule has 1 aliphatic rings. The second-order valence-corrected chi connectivity index (χ2v) is 4.04. The van der Waals surface area contributed by atoms with Gasteiger partial charge in [0, 0.05) is 13.2 Å². The average molecular weight is 215 g/mol. The van der Waals surface area contributed by atoms with Gasteiger partial charge in [0.1, 0.15) is 6.04 Å². The van der Waals surface area contributed by atoms with Crippen LogP contribution in [0.1, 0.15) is 26.7 Å². The van der Waals surface area contributed by atoms with Crippen molar-refractivity contribution in [2.24, 2.45) is 5.92 Å². The fourth-order valence-corrected chi connectivity index (χ4v) is 1.65. The summed E-state index contributed by atoms with van der Waals surface area (Å²) < 4.78 is 10.1. The van der Waals surface area contributed by atoms with Gasteiger partial charge in [0.15, 0.2) is 0 Å². The number of hydrogen-bond donors (Lipinski definition) is 1. The van der Waals surface area contributed by atoms with Crippen LogP contribution >= 0.6 is 0 Å². The van der Waals surface area contributed by atoms with Crippen LogP contribution in [0.25, 0.3) is 0 Å². The van der Waals surface area contributed by atoms with Crippen LogP contribution in [-0.4, -0.2) is 38.4 Å². The lowest BCUT2D eigenvalue weighted by atomic mass is 10.1. The minimum absolute atomic E-state index is 0.181. The molecule has 4 heteroatoms. The SMILES string of the molecule is CCOC(=O)C(C)NC(COC)C1CC1. The van der Waals surface area contributed by atoms with Crippen molar-refractivity contribution in [3.05, 3.63) is 0 Å². The van der Waals surface area contributed by atoms with Crippen LogP contribution in [0.15, 0.2) is 0 Å². The first-order valence-electron chi connectivity index (χ1n) is 5.60. The van der Waals surface area contributed by atoms with E-state index in [0.717, 1.165) is 0 Å². The monoisotopic (exact) mass is 215 g/mol. The maximum absolute atomic E-state index is 11.4. The van der Waals surface area contributed by atoms with Crippen LogP contribution in [0.5, 0.6) is 0 Å². The Morgan fingerprint density at radius 2 is 2.20 bits per heavy atom. The van der Waals surface area contributed by atoms with Crippen molar-refractivity contribution in [2.75, 3.05) is 20.3 Å². The smallest absolute Gasteiger partial charge is 0.322 e. The fourth-order valence-electron chi connectivity index (χ4n) is 1.65. The molecule has 0 bridgehead atoms. The number of carbonyl (C=O) groups excluding carboxylic acids is 1. The molecule has 0 radical (unpaired) electrons. The Hall–Kier alpha value is -0.610. The summed E-state index contributed by atoms with van der Waals surface area (Å²) in [6.45, 7) is 4.75. The first-order valence-corrected chi connectivity index (χ1v) is 5.60. The maximum Gasteiger partial charge on any atom is 0.322 e. The van der Waals surface area contributed by atoms with Gasteiger partial charge in [-0.25, -0.2) is 0 Å². The standard InChI is InChI=1S/C11H21NO3/c1-4-15-11(13)8(2)12-10(7-14-3)9-5-6-9/h8-10,12H,4-7H2,1-3H3. The molecule has 0 heterocycles. The van der Waals surface area contributed by atoms with E-state index < -0.39 is 0 Å². The zero-order valence-electron chi connectivity index (χ0n) is 9.79. The molecule has 1 saturated carbocycles. The molecule has 0 amide bonds. The minimum Gasteiger partial charge on any atom is -0.465 e. The summed E-state index contributed by atoms with van der Waals surface area (Å²) in [5, 5.41) is 3.26. The second kappa shape index (κ2) is 6.08. The van der Waals surface area contributed by atoms with Crippen molar-refractivity contribution in [2.45, 2.75) is 38.8 Å². The van der Waals surface area contributed by atoms with E-state index in [4.69, 9.17) is 9.47 Å². The van der Waals surface area contributed by atoms with Crippen LogP contribution in [0, 0.1) is 5.92 Å². The highest BCUT2D eigenvalue weighted by molar-refractivity contribution is 5.75. The largest absolute Gasteiger partial charge is 0.465 e. The average Bonchev–Trinajstić information content (AvgIpc) is 3.00. The van der Waals surface area contributed by atoms with Crippen molar-refractivity contribution in [3.8, 4) is 0 Å². The summed E-state index contributed by atoms with van der Waals surface area (Å²) in [5.74, 6) is 0.487. The third-order valence-electron chi connectivity index (χ3n) is 2.64. The third-order valence-corrected chi connectivity index (χ3v) is 2.64. The lowest BCUT2D eigenvalue weighted by molar-refractivity contribution is -0.145. The van der Waals surface area contributed by atoms with Crippen LogP contribution in [0.4, 0.5) is 0 Å². The van der Waals surface area contributed by atoms with E-state index in [-0.39, 0.29) is 18.1 Å². The van der Waals surface area contributed by atoms with E-state index >= 15 is 0 Å². The molecule has 0 aromatic heterocycles. The molecule has 88 valence electrons. The molecule has 1 aliphatic carbocycles. The highest BCUT2D eigenvalue weighted by Gasteiger charge is 2.33. The second-order valence-electron chi connectivity index (χ2n) is 4.04. The van der Waals surface area contributed by atoms with E-state index in [0.29, 0.717) is 19.1 Å². The number of nitrogens with one attached hydrogen (secondary N) is 1. The lowest BCUT2D eigenvalue weighted by Crippen LogP contribution is -2.45. The van der Waals surface area contributed by atoms with Gasteiger partial charge in [0.05, 0.1) is 13.2 Å². The molecule has 2 unspecified atom stereocenters. The number of carbonyl (C=O) groups is 1. The van der Waals surface area contributed by atoms with Gasteiger partial charge in [0.2, 0.25) is 0 Å². The molecule has 1 N–H and O–H groups in total. The Kier molecular flexibility index (Phi) is 5.05. The summed E-state index contributed by atoms with van der Waals surface area (Å²) in [4.78, 5) is 11.4. The molecule has 0 spiro atoms. The van der Waals surface area contributed by atoms with Gasteiger partial charge in [-0.3, -0.25) is 10.1 Å². The Morgan fingerprint density at radius 3 is 2.67 bits per heavy atom. The van der Waals surface area contributed by atoms with Crippen LogP contribution < -0.4 is 5.32 Å². The number of rotatable bonds is 7. The van der Waals surface area contributed by atoms with Gasteiger partial charge in [-0.2, -0.15) is 0 Å². The van der Waals surface area contributed by atoms with Gasteiger partial charge in [-0.15, -0.1) is 0 Å². The first-order chi connectivity index (χ1) is 7.19. The molecule has 0 aromatic carbocycles. The van der Waals surface area contributed by atoms with Crippen LogP contribution in [0.3, 0.4) is 0 Å². The van der Waals surface area contributed by atoms with Gasteiger partial charge in [0.25, 0.3) is 0 Å². The summed E-state index contributed by atoms with van der Waals surface area (Å²) in [6, 6.07) is 0.0418. The first kappa shape index (κ1) is 12.5. The molecular weight excluding hydrogens is 194 g/mol. The summed E-state index contributed by atoms with van der Waals surface area (Å²) in [7, 11) is 1.69. The molecule has 4 nitrogen and oxygen atoms in total. The summed E-state index contributed by atoms with van der Waals surface area (Å²) >= 11 is 0. The normalized spacial score (nSPS) is 19.7. The minimum atomic E-state index is -0.245. The highest BCUT2D eigenvalue weighted by Crippen LogP contribution is 2.32. The van der Waals surface area contributed by atoms with E-state index in [1.165, 1.54) is 12.8 Å². The number of methoxy groups -OCH3 is 1. The van der Waals surface area contributed by atoms with E-state index in [1.807, 2.05) is 13.8 Å². The van der Waals surface area contributed by atoms with Crippen molar-refractivity contribution in [1.82, 2.24) is 5.32 Å². The quantitative estimate of drug-likeness (QED) is 0.642. The number of ether oxygens (including phenoxy) is 2. The molecule has 0 aromatic rings. The summed E-state index contributed by atoms with van der Waals surface area (Å²) in [5.41, 5.74) is 0. The van der Waals surface area contributed by atoms with Gasteiger partial charge < -0.3 is 9.47 Å². The molecule has 1 rings (SSSR count). The fraction of sp³-hybridized carbons (Fsp3) is 0.909. The zero-order chi connectivity index (χ0) is 11.3. The van der Waals surface area contributed by atoms with Gasteiger partial charge >= 0.3 is 5.97 Å². The number of hydrogen-bond acceptors (Lipinski definition) is 4. The Labute approximate surface area is 91.3 Å². The van der Waals surface area contributed by atoms with Crippen molar-refractivity contribution >= 4 is 5.97 Å². The van der Waals surface area contributed by atoms with E-state index in [9.17, 15) is 4.79 Å². The molecular formula is C11H21NO3. The Balaban J connectivity index is 2.32. The van der Waals surface area contributed by atoms with Crippen LogP contribution in [0.2, 0.25) is 0 Å². The summed E-state index contributed by atoms with van der Waals surface area (Å²) in [6.07, 6.45) is 2.47. The number of esters is 1. The highest BCUT2D eigenvalue weighted by atomic mass is 16.5. The van der Waals surface area contributed by atoms with Gasteiger partial charge in [-0.05, 0) is 32.6 Å². The van der Waals surface area contributed by atoms with Gasteiger partial charge in [-0.1, -0.05) is 0 Å². The Morgan fingerprint density at radius 1 is 1.53 bits per heavy atom. The van der Waals surface area contributed by atoms with E-state index in [2.05, 4.69) is 5.32 Å². The molecule has 0 saturated heterocycles. The van der Waals surface area contributed by atoms with Crippen molar-refractivity contribution in [1.29, 1.82) is 0 Å². The lowest BCUT2D eigenvalue weighted by Gasteiger charge is -2.21. The molecule has 1 fully saturated rings. The zero-order valence-corrected chi connectivity index (χ0v) is 9.79. The third kappa shape index (κ3) is 4.18. The maximum atomic E-state index is 11.4. The molecule has 2 atom stereocenters. The predicted molar refractivity (Wildman–Crippen MR) is 57.6 cm³/mol. The Bertz CT molecular complexity index is 204. The van der Waals surface area contributed by atoms with Crippen LogP contribution in [-0.2, 0) is 14.3 Å². The van der Waals surface area contributed by atoms with E-state index in [1.54, 1.807) is 7.11 Å². The van der Waals surface area contributed by atoms with Crippen molar-refractivity contribution in [3.63, 3.8) is 0 Å². The predicted octanol–water partition coefficient (Wildman–Crippen LogP) is 0.953. The topological polar surface area (TPSA) is 47.6 Å². The van der Waals surface area contributed by atoms with Crippen molar-refractivity contribution < 1.29 is 14.3 Å². The molecule has 15 heavy (non-hydrogen) atoms. The molecule has 0 aliphatic heterocycles.